The van der Waals surface area contributed by atoms with E-state index in [1.165, 1.54) is 0 Å². The van der Waals surface area contributed by atoms with Gasteiger partial charge in [-0.2, -0.15) is 5.10 Å². The summed E-state index contributed by atoms with van der Waals surface area (Å²) in [7, 11) is 3.57. The van der Waals surface area contributed by atoms with Gasteiger partial charge in [-0.05, 0) is 17.7 Å². The monoisotopic (exact) mass is 329 g/mol. The Bertz CT molecular complexity index is 671. The molecule has 0 unspecified atom stereocenters. The number of rotatable bonds is 6. The number of carbonyl (C=O) groups excluding carboxylic acids is 1. The zero-order chi connectivity index (χ0) is 16.9. The first-order valence-electron chi connectivity index (χ1n) is 8.05. The molecule has 3 rings (SSSR count). The first-order chi connectivity index (χ1) is 11.6. The van der Waals surface area contributed by atoms with Gasteiger partial charge in [-0.1, -0.05) is 6.07 Å². The summed E-state index contributed by atoms with van der Waals surface area (Å²) in [6.07, 6.45) is 5.36. The number of amides is 1. The predicted octanol–water partition coefficient (Wildman–Crippen LogP) is 0.940. The molecule has 0 saturated heterocycles. The van der Waals surface area contributed by atoms with Crippen LogP contribution >= 0.6 is 0 Å². The number of fused-ring (bicyclic) bond motifs is 1. The van der Waals surface area contributed by atoms with E-state index >= 15 is 0 Å². The highest BCUT2D eigenvalue weighted by atomic mass is 16.5. The fourth-order valence-corrected chi connectivity index (χ4v) is 2.84. The van der Waals surface area contributed by atoms with E-state index in [1.807, 2.05) is 29.1 Å². The molecule has 1 aliphatic rings. The van der Waals surface area contributed by atoms with E-state index in [0.717, 1.165) is 24.3 Å². The van der Waals surface area contributed by atoms with Gasteiger partial charge in [0, 0.05) is 45.8 Å². The van der Waals surface area contributed by atoms with Gasteiger partial charge in [0.25, 0.3) is 0 Å². The van der Waals surface area contributed by atoms with Crippen molar-refractivity contribution in [1.29, 1.82) is 0 Å². The first kappa shape index (κ1) is 16.6. The van der Waals surface area contributed by atoms with Crippen molar-refractivity contribution in [1.82, 2.24) is 24.6 Å². The van der Waals surface area contributed by atoms with Gasteiger partial charge in [-0.3, -0.25) is 19.4 Å². The van der Waals surface area contributed by atoms with Crippen LogP contribution in [0.2, 0.25) is 0 Å². The van der Waals surface area contributed by atoms with Crippen molar-refractivity contribution in [3.8, 4) is 0 Å². The van der Waals surface area contributed by atoms with Crippen LogP contribution in [-0.4, -0.2) is 64.3 Å². The van der Waals surface area contributed by atoms with Crippen LogP contribution in [0.5, 0.6) is 0 Å². The molecule has 0 spiro atoms. The van der Waals surface area contributed by atoms with Crippen molar-refractivity contribution in [2.45, 2.75) is 19.2 Å². The third-order valence-corrected chi connectivity index (χ3v) is 4.11. The fraction of sp³-hybridized carbons (Fsp3) is 0.471. The molecule has 0 saturated carbocycles. The molecule has 128 valence electrons. The summed E-state index contributed by atoms with van der Waals surface area (Å²) < 4.78 is 7.88. The number of aromatic nitrogens is 3. The Morgan fingerprint density at radius 1 is 1.38 bits per heavy atom. The number of hydrogen-bond acceptors (Lipinski definition) is 5. The van der Waals surface area contributed by atoms with Gasteiger partial charge in [0.05, 0.1) is 31.5 Å². The van der Waals surface area contributed by atoms with E-state index in [9.17, 15) is 4.79 Å². The van der Waals surface area contributed by atoms with E-state index in [2.05, 4.69) is 15.0 Å². The van der Waals surface area contributed by atoms with Crippen molar-refractivity contribution >= 4 is 5.91 Å². The van der Waals surface area contributed by atoms with Gasteiger partial charge in [0.15, 0.2) is 0 Å². The summed E-state index contributed by atoms with van der Waals surface area (Å²) in [6.45, 7) is 2.98. The molecule has 0 N–H and O–H groups in total. The second-order valence-electron chi connectivity index (χ2n) is 6.26. The van der Waals surface area contributed by atoms with Crippen molar-refractivity contribution in [3.05, 3.63) is 48.0 Å². The first-order valence-corrected chi connectivity index (χ1v) is 8.05. The molecule has 0 fully saturated rings. The molecule has 1 aliphatic heterocycles. The Kier molecular flexibility index (Phi) is 5.22. The quantitative estimate of drug-likeness (QED) is 0.789. The van der Waals surface area contributed by atoms with Gasteiger partial charge in [-0.15, -0.1) is 0 Å². The van der Waals surface area contributed by atoms with E-state index in [1.54, 1.807) is 31.4 Å². The van der Waals surface area contributed by atoms with Crippen molar-refractivity contribution < 1.29 is 9.53 Å². The lowest BCUT2D eigenvalue weighted by Crippen LogP contribution is -2.44. The van der Waals surface area contributed by atoms with Crippen LogP contribution in [0, 0.1) is 0 Å². The van der Waals surface area contributed by atoms with E-state index < -0.39 is 0 Å². The predicted molar refractivity (Wildman–Crippen MR) is 89.1 cm³/mol. The lowest BCUT2D eigenvalue weighted by atomic mass is 10.2. The maximum Gasteiger partial charge on any atom is 0.236 e. The van der Waals surface area contributed by atoms with Gasteiger partial charge in [0.1, 0.15) is 0 Å². The van der Waals surface area contributed by atoms with E-state index in [0.29, 0.717) is 19.8 Å². The summed E-state index contributed by atoms with van der Waals surface area (Å²) in [5.41, 5.74) is 2.16. The number of pyridine rings is 1. The lowest BCUT2D eigenvalue weighted by Gasteiger charge is -2.33. The minimum Gasteiger partial charge on any atom is -0.374 e. The van der Waals surface area contributed by atoms with Crippen LogP contribution in [0.4, 0.5) is 0 Å². The maximum absolute atomic E-state index is 12.0. The highest BCUT2D eigenvalue weighted by Crippen LogP contribution is 2.20. The summed E-state index contributed by atoms with van der Waals surface area (Å²) in [6, 6.07) is 6.00. The average molecular weight is 329 g/mol. The smallest absolute Gasteiger partial charge is 0.236 e. The van der Waals surface area contributed by atoms with Gasteiger partial charge >= 0.3 is 0 Å². The molecular weight excluding hydrogens is 306 g/mol. The van der Waals surface area contributed by atoms with Crippen LogP contribution < -0.4 is 0 Å². The summed E-state index contributed by atoms with van der Waals surface area (Å²) in [5, 5.41) is 4.41. The highest BCUT2D eigenvalue weighted by molar-refractivity contribution is 5.77. The highest BCUT2D eigenvalue weighted by Gasteiger charge is 2.27. The van der Waals surface area contributed by atoms with Crippen LogP contribution in [0.1, 0.15) is 17.3 Å². The Morgan fingerprint density at radius 2 is 2.25 bits per heavy atom. The molecule has 0 bridgehead atoms. The van der Waals surface area contributed by atoms with Crippen LogP contribution in [0.25, 0.3) is 0 Å². The molecule has 2 aromatic rings. The largest absolute Gasteiger partial charge is 0.374 e. The molecule has 1 amide bonds. The third-order valence-electron chi connectivity index (χ3n) is 4.11. The van der Waals surface area contributed by atoms with Crippen LogP contribution in [0.15, 0.2) is 36.8 Å². The van der Waals surface area contributed by atoms with Crippen LogP contribution in [0.3, 0.4) is 0 Å². The Morgan fingerprint density at radius 3 is 3.00 bits per heavy atom. The number of hydrogen-bond donors (Lipinski definition) is 0. The molecule has 1 atom stereocenters. The molecule has 3 heterocycles. The Hall–Kier alpha value is -2.25. The average Bonchev–Trinajstić information content (AvgIpc) is 3.04. The van der Waals surface area contributed by atoms with E-state index in [-0.39, 0.29) is 11.9 Å². The molecule has 0 radical (unpaired) electrons. The summed E-state index contributed by atoms with van der Waals surface area (Å²) in [4.78, 5) is 19.9. The Labute approximate surface area is 141 Å². The molecular formula is C17H23N5O2. The number of ether oxygens (including phenoxy) is 1. The van der Waals surface area contributed by atoms with Crippen molar-refractivity contribution in [3.63, 3.8) is 0 Å². The molecule has 0 aromatic carbocycles. The number of carbonyl (C=O) groups is 1. The van der Waals surface area contributed by atoms with E-state index in [4.69, 9.17) is 4.74 Å². The van der Waals surface area contributed by atoms with Crippen molar-refractivity contribution in [2.75, 3.05) is 33.8 Å². The SMILES string of the molecule is CN(C)C(=O)CN1Cc2ccnn2[C@@H](COCc2cccnc2)C1. The maximum atomic E-state index is 12.0. The molecule has 7 heteroatoms. The molecule has 2 aromatic heterocycles. The second-order valence-corrected chi connectivity index (χ2v) is 6.26. The van der Waals surface area contributed by atoms with Gasteiger partial charge < -0.3 is 9.64 Å². The number of nitrogens with zero attached hydrogens (tertiary/aromatic N) is 5. The summed E-state index contributed by atoms with van der Waals surface area (Å²) in [5.74, 6) is 0.109. The third kappa shape index (κ3) is 3.98. The van der Waals surface area contributed by atoms with Crippen molar-refractivity contribution in [2.24, 2.45) is 0 Å². The second kappa shape index (κ2) is 7.55. The minimum absolute atomic E-state index is 0.107. The molecule has 0 aliphatic carbocycles. The summed E-state index contributed by atoms with van der Waals surface area (Å²) >= 11 is 0. The molecule has 24 heavy (non-hydrogen) atoms. The zero-order valence-corrected chi connectivity index (χ0v) is 14.1. The molecule has 7 nitrogen and oxygen atoms in total. The van der Waals surface area contributed by atoms with Gasteiger partial charge in [-0.25, -0.2) is 0 Å². The lowest BCUT2D eigenvalue weighted by molar-refractivity contribution is -0.130. The van der Waals surface area contributed by atoms with Crippen LogP contribution in [-0.2, 0) is 22.7 Å². The minimum atomic E-state index is 0.107. The zero-order valence-electron chi connectivity index (χ0n) is 14.1. The normalized spacial score (nSPS) is 17.5. The van der Waals surface area contributed by atoms with Gasteiger partial charge in [0.2, 0.25) is 5.91 Å². The number of likely N-dealkylation sites (N-methyl/N-ethyl adjacent to an activating group) is 1. The Balaban J connectivity index is 1.60. The topological polar surface area (TPSA) is 63.5 Å². The fourth-order valence-electron chi connectivity index (χ4n) is 2.84. The standard InChI is InChI=1S/C17H23N5O2/c1-20(2)17(23)11-21-9-15-5-7-19-22(15)16(10-21)13-24-12-14-4-3-6-18-8-14/h3-8,16H,9-13H2,1-2H3/t16-/m1/s1.